The van der Waals surface area contributed by atoms with Crippen molar-refractivity contribution in [2.24, 2.45) is 0 Å². The lowest BCUT2D eigenvalue weighted by atomic mass is 10.2. The smallest absolute Gasteiger partial charge is 0.252 e. The third kappa shape index (κ3) is 1.70. The van der Waals surface area contributed by atoms with Gasteiger partial charge in [0.15, 0.2) is 0 Å². The zero-order valence-corrected chi connectivity index (χ0v) is 8.11. The van der Waals surface area contributed by atoms with Gasteiger partial charge < -0.3 is 4.57 Å². The molecule has 0 fully saturated rings. The molecule has 0 radical (unpaired) electrons. The molecule has 0 amide bonds. The second-order valence-corrected chi connectivity index (χ2v) is 3.26. The van der Waals surface area contributed by atoms with Crippen LogP contribution in [0.15, 0.2) is 48.8 Å². The summed E-state index contributed by atoms with van der Waals surface area (Å²) in [6, 6.07) is 11.0. The molecule has 0 aliphatic heterocycles. The Kier molecular flexibility index (Phi) is 2.37. The maximum atomic E-state index is 10.9. The molecule has 0 aliphatic carbocycles. The van der Waals surface area contributed by atoms with Crippen molar-refractivity contribution in [1.82, 2.24) is 4.57 Å². The van der Waals surface area contributed by atoms with Gasteiger partial charge in [0.25, 0.3) is 5.24 Å². The topological polar surface area (TPSA) is 22.0 Å². The summed E-state index contributed by atoms with van der Waals surface area (Å²) in [5.74, 6) is 0. The van der Waals surface area contributed by atoms with E-state index in [4.69, 9.17) is 11.6 Å². The molecule has 1 aromatic heterocycles. The molecule has 2 aromatic rings. The van der Waals surface area contributed by atoms with E-state index in [0.29, 0.717) is 5.56 Å². The molecule has 0 saturated carbocycles. The predicted octanol–water partition coefficient (Wildman–Crippen LogP) is 2.86. The molecular weight excluding hydrogens is 198 g/mol. The van der Waals surface area contributed by atoms with Crippen LogP contribution in [-0.4, -0.2) is 9.81 Å². The number of hydrogen-bond acceptors (Lipinski definition) is 1. The molecule has 2 rings (SSSR count). The van der Waals surface area contributed by atoms with Gasteiger partial charge >= 0.3 is 0 Å². The van der Waals surface area contributed by atoms with E-state index in [1.54, 1.807) is 12.1 Å². The van der Waals surface area contributed by atoms with Gasteiger partial charge in [-0.05, 0) is 41.9 Å². The molecule has 14 heavy (non-hydrogen) atoms. The second-order valence-electron chi connectivity index (χ2n) is 2.91. The lowest BCUT2D eigenvalue weighted by Gasteiger charge is -2.03. The van der Waals surface area contributed by atoms with Gasteiger partial charge in [-0.15, -0.1) is 0 Å². The monoisotopic (exact) mass is 205 g/mol. The first-order chi connectivity index (χ1) is 6.77. The summed E-state index contributed by atoms with van der Waals surface area (Å²) in [7, 11) is 0. The third-order valence-electron chi connectivity index (χ3n) is 1.98. The van der Waals surface area contributed by atoms with Crippen molar-refractivity contribution in [2.45, 2.75) is 0 Å². The Morgan fingerprint density at radius 3 is 2.50 bits per heavy atom. The van der Waals surface area contributed by atoms with Crippen molar-refractivity contribution in [1.29, 1.82) is 0 Å². The van der Waals surface area contributed by atoms with Gasteiger partial charge in [0.2, 0.25) is 0 Å². The summed E-state index contributed by atoms with van der Waals surface area (Å²) < 4.78 is 1.92. The van der Waals surface area contributed by atoms with Crippen LogP contribution in [0, 0.1) is 0 Å². The van der Waals surface area contributed by atoms with E-state index in [2.05, 4.69) is 0 Å². The summed E-state index contributed by atoms with van der Waals surface area (Å²) in [4.78, 5) is 10.9. The molecule has 0 atom stereocenters. The van der Waals surface area contributed by atoms with Crippen molar-refractivity contribution in [3.8, 4) is 5.69 Å². The normalized spacial score (nSPS) is 10.1. The van der Waals surface area contributed by atoms with E-state index >= 15 is 0 Å². The number of halogens is 1. The van der Waals surface area contributed by atoms with Gasteiger partial charge in [0, 0.05) is 23.6 Å². The Hall–Kier alpha value is -1.54. The third-order valence-corrected chi connectivity index (χ3v) is 2.19. The highest BCUT2D eigenvalue weighted by atomic mass is 35.5. The van der Waals surface area contributed by atoms with Gasteiger partial charge in [-0.2, -0.15) is 0 Å². The predicted molar refractivity (Wildman–Crippen MR) is 56.0 cm³/mol. The zero-order chi connectivity index (χ0) is 9.97. The number of rotatable bonds is 2. The Morgan fingerprint density at radius 1 is 1.14 bits per heavy atom. The quantitative estimate of drug-likeness (QED) is 0.691. The van der Waals surface area contributed by atoms with E-state index < -0.39 is 5.24 Å². The minimum atomic E-state index is -0.431. The molecule has 0 aliphatic rings. The summed E-state index contributed by atoms with van der Waals surface area (Å²) >= 11 is 5.39. The van der Waals surface area contributed by atoms with Crippen molar-refractivity contribution in [3.05, 3.63) is 54.4 Å². The first-order valence-corrected chi connectivity index (χ1v) is 4.58. The van der Waals surface area contributed by atoms with Crippen LogP contribution in [0.25, 0.3) is 5.69 Å². The van der Waals surface area contributed by atoms with E-state index in [1.807, 2.05) is 41.2 Å². The molecule has 70 valence electrons. The lowest BCUT2D eigenvalue weighted by molar-refractivity contribution is 0.108. The van der Waals surface area contributed by atoms with Crippen LogP contribution in [-0.2, 0) is 0 Å². The average Bonchev–Trinajstić information content (AvgIpc) is 2.71. The molecule has 1 aromatic carbocycles. The molecule has 2 nitrogen and oxygen atoms in total. The van der Waals surface area contributed by atoms with Crippen molar-refractivity contribution < 1.29 is 4.79 Å². The highest BCUT2D eigenvalue weighted by Gasteiger charge is 2.02. The number of carbonyl (C=O) groups is 1. The summed E-state index contributed by atoms with van der Waals surface area (Å²) in [6.07, 6.45) is 3.83. The first-order valence-electron chi connectivity index (χ1n) is 4.20. The van der Waals surface area contributed by atoms with Crippen LogP contribution in [0.1, 0.15) is 10.4 Å². The van der Waals surface area contributed by atoms with E-state index in [0.717, 1.165) is 5.69 Å². The van der Waals surface area contributed by atoms with Crippen LogP contribution >= 0.6 is 11.6 Å². The van der Waals surface area contributed by atoms with Gasteiger partial charge in [-0.1, -0.05) is 6.07 Å². The van der Waals surface area contributed by atoms with Crippen LogP contribution in [0.2, 0.25) is 0 Å². The highest BCUT2D eigenvalue weighted by molar-refractivity contribution is 6.67. The summed E-state index contributed by atoms with van der Waals surface area (Å²) in [5.41, 5.74) is 1.44. The van der Waals surface area contributed by atoms with Crippen LogP contribution in [0.3, 0.4) is 0 Å². The van der Waals surface area contributed by atoms with Gasteiger partial charge in [0.05, 0.1) is 0 Å². The van der Waals surface area contributed by atoms with Crippen molar-refractivity contribution >= 4 is 16.8 Å². The Bertz CT molecular complexity index is 448. The first kappa shape index (κ1) is 9.03. The van der Waals surface area contributed by atoms with Crippen LogP contribution in [0.4, 0.5) is 0 Å². The van der Waals surface area contributed by atoms with Gasteiger partial charge in [-0.3, -0.25) is 4.79 Å². The maximum Gasteiger partial charge on any atom is 0.252 e. The summed E-state index contributed by atoms with van der Waals surface area (Å²) in [6.45, 7) is 0. The number of hydrogen-bond donors (Lipinski definition) is 0. The van der Waals surface area contributed by atoms with Gasteiger partial charge in [-0.25, -0.2) is 0 Å². The fraction of sp³-hybridized carbons (Fsp3) is 0. The number of aromatic nitrogens is 1. The SMILES string of the molecule is O=C(Cl)c1cccc(-n2cccc2)c1. The second kappa shape index (κ2) is 3.68. The maximum absolute atomic E-state index is 10.9. The Labute approximate surface area is 86.7 Å². The number of carbonyl (C=O) groups excluding carboxylic acids is 1. The van der Waals surface area contributed by atoms with Crippen LogP contribution < -0.4 is 0 Å². The Morgan fingerprint density at radius 2 is 1.86 bits per heavy atom. The number of benzene rings is 1. The summed E-state index contributed by atoms with van der Waals surface area (Å²) in [5, 5.41) is -0.431. The molecule has 0 unspecified atom stereocenters. The average molecular weight is 206 g/mol. The molecule has 0 bridgehead atoms. The molecule has 1 heterocycles. The zero-order valence-electron chi connectivity index (χ0n) is 7.35. The Balaban J connectivity index is 2.46. The largest absolute Gasteiger partial charge is 0.324 e. The molecule has 3 heteroatoms. The fourth-order valence-corrected chi connectivity index (χ4v) is 1.41. The van der Waals surface area contributed by atoms with Crippen molar-refractivity contribution in [3.63, 3.8) is 0 Å². The van der Waals surface area contributed by atoms with E-state index in [1.165, 1.54) is 0 Å². The molecule has 0 N–H and O–H groups in total. The molecule has 0 saturated heterocycles. The molecule has 0 spiro atoms. The lowest BCUT2D eigenvalue weighted by Crippen LogP contribution is -1.93. The van der Waals surface area contributed by atoms with Crippen molar-refractivity contribution in [2.75, 3.05) is 0 Å². The van der Waals surface area contributed by atoms with E-state index in [9.17, 15) is 4.79 Å². The molecular formula is C11H8ClNO. The number of nitrogens with zero attached hydrogens (tertiary/aromatic N) is 1. The minimum Gasteiger partial charge on any atom is -0.324 e. The standard InChI is InChI=1S/C11H8ClNO/c12-11(14)9-4-3-5-10(8-9)13-6-1-2-7-13/h1-8H. The fourth-order valence-electron chi connectivity index (χ4n) is 1.30. The van der Waals surface area contributed by atoms with Gasteiger partial charge in [0.1, 0.15) is 0 Å². The van der Waals surface area contributed by atoms with Crippen LogP contribution in [0.5, 0.6) is 0 Å². The minimum absolute atomic E-state index is 0.431. The van der Waals surface area contributed by atoms with E-state index in [-0.39, 0.29) is 0 Å². The highest BCUT2D eigenvalue weighted by Crippen LogP contribution is 2.12.